The highest BCUT2D eigenvalue weighted by atomic mass is 35.5. The minimum absolute atomic E-state index is 0.114. The number of amides is 1. The van der Waals surface area contributed by atoms with Crippen LogP contribution in [0, 0.1) is 0 Å². The van der Waals surface area contributed by atoms with Crippen LogP contribution in [-0.4, -0.2) is 28.3 Å². The molecule has 1 N–H and O–H groups in total. The van der Waals surface area contributed by atoms with Gasteiger partial charge in [0.1, 0.15) is 10.4 Å². The molecule has 2 aromatic heterocycles. The Morgan fingerprint density at radius 2 is 1.97 bits per heavy atom. The van der Waals surface area contributed by atoms with Crippen molar-refractivity contribution in [2.24, 2.45) is 0 Å². The zero-order valence-corrected chi connectivity index (χ0v) is 18.9. The van der Waals surface area contributed by atoms with Gasteiger partial charge in [-0.05, 0) is 41.3 Å². The van der Waals surface area contributed by atoms with Crippen molar-refractivity contribution in [1.29, 1.82) is 0 Å². The number of thiophene rings is 1. The lowest BCUT2D eigenvalue weighted by Crippen LogP contribution is -2.26. The van der Waals surface area contributed by atoms with Gasteiger partial charge >= 0.3 is 0 Å². The number of aromatic nitrogens is 2. The number of rotatable bonds is 7. The number of halogens is 1. The predicted octanol–water partition coefficient (Wildman–Crippen LogP) is 4.52. The van der Waals surface area contributed by atoms with Crippen LogP contribution in [0.4, 0.5) is 0 Å². The number of nitrogens with zero attached hydrogens (tertiary/aromatic N) is 2. The molecule has 158 valence electrons. The lowest BCUT2D eigenvalue weighted by atomic mass is 10.2. The molecule has 0 aliphatic carbocycles. The molecule has 0 bridgehead atoms. The first kappa shape index (κ1) is 21.4. The summed E-state index contributed by atoms with van der Waals surface area (Å²) in [6.07, 6.45) is 0. The summed E-state index contributed by atoms with van der Waals surface area (Å²) in [5.74, 6) is 0.715. The maximum absolute atomic E-state index is 13.1. The highest BCUT2D eigenvalue weighted by Gasteiger charge is 2.17. The third-order valence-electron chi connectivity index (χ3n) is 4.52. The molecule has 0 saturated heterocycles. The smallest absolute Gasteiger partial charge is 0.276 e. The van der Waals surface area contributed by atoms with Gasteiger partial charge < -0.3 is 10.1 Å². The van der Waals surface area contributed by atoms with Crippen molar-refractivity contribution in [3.63, 3.8) is 0 Å². The highest BCUT2D eigenvalue weighted by molar-refractivity contribution is 7.99. The van der Waals surface area contributed by atoms with Crippen LogP contribution in [0.1, 0.15) is 5.56 Å². The number of thioether (sulfide) groups is 1. The summed E-state index contributed by atoms with van der Waals surface area (Å²) in [5, 5.41) is 5.57. The molecule has 2 aromatic carbocycles. The minimum atomic E-state index is -0.200. The second-order valence-corrected chi connectivity index (χ2v) is 8.80. The van der Waals surface area contributed by atoms with Crippen molar-refractivity contribution in [3.05, 3.63) is 80.9 Å². The van der Waals surface area contributed by atoms with Gasteiger partial charge in [0.15, 0.2) is 5.16 Å². The third kappa shape index (κ3) is 4.76. The molecule has 31 heavy (non-hydrogen) atoms. The van der Waals surface area contributed by atoms with E-state index in [4.69, 9.17) is 16.3 Å². The molecule has 0 saturated carbocycles. The van der Waals surface area contributed by atoms with E-state index in [0.717, 1.165) is 11.3 Å². The third-order valence-corrected chi connectivity index (χ3v) is 6.67. The molecule has 2 heterocycles. The Kier molecular flexibility index (Phi) is 6.60. The van der Waals surface area contributed by atoms with Crippen molar-refractivity contribution >= 4 is 50.8 Å². The molecular weight excluding hydrogens is 454 g/mol. The fraction of sp³-hybridized carbons (Fsp3) is 0.136. The first-order chi connectivity index (χ1) is 15.1. The van der Waals surface area contributed by atoms with Gasteiger partial charge in [-0.25, -0.2) is 4.98 Å². The number of para-hydroxylation sites is 1. The summed E-state index contributed by atoms with van der Waals surface area (Å²) >= 11 is 8.88. The Balaban J connectivity index is 1.53. The number of hydrogen-bond donors (Lipinski definition) is 1. The molecule has 0 aliphatic heterocycles. The van der Waals surface area contributed by atoms with Crippen LogP contribution < -0.4 is 15.6 Å². The van der Waals surface area contributed by atoms with Gasteiger partial charge in [0.2, 0.25) is 5.91 Å². The minimum Gasteiger partial charge on any atom is -0.497 e. The average Bonchev–Trinajstić information content (AvgIpc) is 3.26. The number of benzene rings is 2. The van der Waals surface area contributed by atoms with Crippen LogP contribution in [0.25, 0.3) is 15.9 Å². The fourth-order valence-corrected chi connectivity index (χ4v) is 4.77. The van der Waals surface area contributed by atoms with E-state index < -0.39 is 0 Å². The molecule has 0 atom stereocenters. The Morgan fingerprint density at radius 1 is 1.19 bits per heavy atom. The maximum Gasteiger partial charge on any atom is 0.276 e. The molecular formula is C22H18ClN3O3S2. The van der Waals surface area contributed by atoms with Crippen LogP contribution in [0.15, 0.2) is 69.9 Å². The van der Waals surface area contributed by atoms with Gasteiger partial charge in [-0.15, -0.1) is 11.3 Å². The van der Waals surface area contributed by atoms with E-state index in [2.05, 4.69) is 10.3 Å². The van der Waals surface area contributed by atoms with Gasteiger partial charge in [0.05, 0.1) is 29.1 Å². The van der Waals surface area contributed by atoms with Crippen LogP contribution >= 0.6 is 34.7 Å². The van der Waals surface area contributed by atoms with Gasteiger partial charge in [-0.1, -0.05) is 47.6 Å². The van der Waals surface area contributed by atoms with E-state index in [1.54, 1.807) is 31.4 Å². The Morgan fingerprint density at radius 3 is 2.71 bits per heavy atom. The number of nitrogens with one attached hydrogen (secondary N) is 1. The Hall–Kier alpha value is -2.81. The number of methoxy groups -OCH3 is 1. The van der Waals surface area contributed by atoms with E-state index >= 15 is 0 Å². The van der Waals surface area contributed by atoms with Gasteiger partial charge in [0, 0.05) is 6.54 Å². The summed E-state index contributed by atoms with van der Waals surface area (Å²) in [6.45, 7) is 0.400. The topological polar surface area (TPSA) is 73.2 Å². The molecule has 0 radical (unpaired) electrons. The normalized spacial score (nSPS) is 10.9. The lowest BCUT2D eigenvalue weighted by Gasteiger charge is -2.13. The molecule has 0 spiro atoms. The van der Waals surface area contributed by atoms with E-state index in [0.29, 0.717) is 32.6 Å². The summed E-state index contributed by atoms with van der Waals surface area (Å²) in [4.78, 5) is 30.2. The second kappa shape index (κ2) is 9.55. The summed E-state index contributed by atoms with van der Waals surface area (Å²) in [7, 11) is 1.61. The zero-order valence-electron chi connectivity index (χ0n) is 16.5. The van der Waals surface area contributed by atoms with Crippen LogP contribution in [-0.2, 0) is 11.3 Å². The molecule has 0 fully saturated rings. The molecule has 4 rings (SSSR count). The number of carbonyl (C=O) groups excluding carboxylic acids is 1. The maximum atomic E-state index is 13.1. The predicted molar refractivity (Wildman–Crippen MR) is 126 cm³/mol. The monoisotopic (exact) mass is 471 g/mol. The number of carbonyl (C=O) groups is 1. The van der Waals surface area contributed by atoms with E-state index in [1.807, 2.05) is 35.7 Å². The van der Waals surface area contributed by atoms with Crippen molar-refractivity contribution in [1.82, 2.24) is 14.9 Å². The molecule has 6 nitrogen and oxygen atoms in total. The van der Waals surface area contributed by atoms with Gasteiger partial charge in [-0.2, -0.15) is 0 Å². The van der Waals surface area contributed by atoms with E-state index in [1.165, 1.54) is 27.7 Å². The average molecular weight is 472 g/mol. The van der Waals surface area contributed by atoms with Gasteiger partial charge in [-0.3, -0.25) is 14.2 Å². The first-order valence-electron chi connectivity index (χ1n) is 9.34. The molecule has 9 heteroatoms. The van der Waals surface area contributed by atoms with Crippen molar-refractivity contribution in [2.75, 3.05) is 12.9 Å². The lowest BCUT2D eigenvalue weighted by molar-refractivity contribution is -0.118. The highest BCUT2D eigenvalue weighted by Crippen LogP contribution is 2.27. The Bertz CT molecular complexity index is 1290. The van der Waals surface area contributed by atoms with Crippen LogP contribution in [0.2, 0.25) is 5.02 Å². The first-order valence-corrected chi connectivity index (χ1v) is 11.6. The number of ether oxygens (including phenoxy) is 1. The second-order valence-electron chi connectivity index (χ2n) is 6.53. The molecule has 4 aromatic rings. The molecule has 0 aliphatic rings. The van der Waals surface area contributed by atoms with Crippen molar-refractivity contribution < 1.29 is 9.53 Å². The Labute approximate surface area is 191 Å². The zero-order chi connectivity index (χ0) is 21.8. The van der Waals surface area contributed by atoms with E-state index in [9.17, 15) is 9.59 Å². The molecule has 1 amide bonds. The SMILES string of the molecule is COc1ccc(CNC(=O)CSc2nc3ccsc3c(=O)n2-c2ccccc2Cl)cc1. The summed E-state index contributed by atoms with van der Waals surface area (Å²) < 4.78 is 7.16. The summed E-state index contributed by atoms with van der Waals surface area (Å²) in [5.41, 5.74) is 1.91. The van der Waals surface area contributed by atoms with Crippen LogP contribution in [0.3, 0.4) is 0 Å². The quantitative estimate of drug-likeness (QED) is 0.317. The molecule has 0 unspecified atom stereocenters. The largest absolute Gasteiger partial charge is 0.497 e. The van der Waals surface area contributed by atoms with Crippen LogP contribution in [0.5, 0.6) is 5.75 Å². The van der Waals surface area contributed by atoms with Gasteiger partial charge in [0.25, 0.3) is 5.56 Å². The van der Waals surface area contributed by atoms with Crippen molar-refractivity contribution in [3.8, 4) is 11.4 Å². The number of hydrogen-bond acceptors (Lipinski definition) is 6. The number of fused-ring (bicyclic) bond motifs is 1. The fourth-order valence-electron chi connectivity index (χ4n) is 2.96. The summed E-state index contributed by atoms with van der Waals surface area (Å²) in [6, 6.07) is 16.4. The standard InChI is InChI=1S/C22H18ClN3O3S2/c1-29-15-8-6-14(7-9-15)12-24-19(27)13-31-22-25-17-10-11-30-20(17)21(28)26(22)18-5-3-2-4-16(18)23/h2-11H,12-13H2,1H3,(H,24,27). The van der Waals surface area contributed by atoms with E-state index in [-0.39, 0.29) is 17.2 Å². The van der Waals surface area contributed by atoms with Crippen molar-refractivity contribution in [2.45, 2.75) is 11.7 Å².